The number of hydrogen-bond acceptors (Lipinski definition) is 1. The molecule has 1 heteroatoms. The Labute approximate surface area is 309 Å². The summed E-state index contributed by atoms with van der Waals surface area (Å²) in [5.74, 6) is 3.44. The first-order chi connectivity index (χ1) is 25.2. The molecular formula is C51H49N. The molecule has 0 N–H and O–H groups in total. The first kappa shape index (κ1) is 31.0. The largest absolute Gasteiger partial charge is 0.310 e. The van der Waals surface area contributed by atoms with Gasteiger partial charge in [0.15, 0.2) is 0 Å². The van der Waals surface area contributed by atoms with Crippen LogP contribution in [-0.2, 0) is 16.2 Å². The molecule has 0 saturated heterocycles. The van der Waals surface area contributed by atoms with Crippen LogP contribution in [0.2, 0.25) is 0 Å². The summed E-state index contributed by atoms with van der Waals surface area (Å²) in [6, 6.07) is 49.2. The van der Waals surface area contributed by atoms with Crippen molar-refractivity contribution in [3.63, 3.8) is 0 Å². The quantitative estimate of drug-likeness (QED) is 0.180. The molecule has 6 aromatic carbocycles. The van der Waals surface area contributed by atoms with Gasteiger partial charge in [0.1, 0.15) is 0 Å². The summed E-state index contributed by atoms with van der Waals surface area (Å²) in [7, 11) is 0. The Bertz CT molecular complexity index is 2410. The highest BCUT2D eigenvalue weighted by Gasteiger charge is 2.66. The normalized spacial score (nSPS) is 26.8. The summed E-state index contributed by atoms with van der Waals surface area (Å²) in [5, 5.41) is 2.57. The van der Waals surface area contributed by atoms with Crippen molar-refractivity contribution < 1.29 is 0 Å². The summed E-state index contributed by atoms with van der Waals surface area (Å²) in [5.41, 5.74) is 16.0. The molecule has 4 fully saturated rings. The summed E-state index contributed by atoms with van der Waals surface area (Å²) in [6.07, 6.45) is 8.12. The molecule has 5 atom stereocenters. The fraction of sp³-hybridized carbons (Fsp3) is 0.333. The van der Waals surface area contributed by atoms with E-state index in [1.807, 2.05) is 0 Å². The average Bonchev–Trinajstić information content (AvgIpc) is 3.71. The lowest BCUT2D eigenvalue weighted by Gasteiger charge is -2.45. The second-order valence-electron chi connectivity index (χ2n) is 18.4. The van der Waals surface area contributed by atoms with Gasteiger partial charge in [-0.1, -0.05) is 119 Å². The van der Waals surface area contributed by atoms with Gasteiger partial charge >= 0.3 is 0 Å². The molecule has 258 valence electrons. The maximum Gasteiger partial charge on any atom is 0.0502 e. The molecule has 0 amide bonds. The number of hydrogen-bond donors (Lipinski definition) is 0. The van der Waals surface area contributed by atoms with E-state index >= 15 is 0 Å². The first-order valence-corrected chi connectivity index (χ1v) is 20.0. The first-order valence-electron chi connectivity index (χ1n) is 20.0. The molecule has 1 spiro atoms. The molecule has 5 unspecified atom stereocenters. The number of benzene rings is 6. The highest BCUT2D eigenvalue weighted by molar-refractivity contribution is 5.90. The SMILES string of the molecule is CC1(C)CCC(C)(C)c2c(N(c3ccc(-c4ccc5ccccc5c4)cc3)c3ccc4c(c3)-c3ccccc3C43C4CC5CC(C4)C3C5)cccc21. The smallest absolute Gasteiger partial charge is 0.0502 e. The van der Waals surface area contributed by atoms with E-state index in [-0.39, 0.29) is 16.2 Å². The van der Waals surface area contributed by atoms with Gasteiger partial charge in [-0.25, -0.2) is 0 Å². The van der Waals surface area contributed by atoms with Crippen LogP contribution < -0.4 is 4.90 Å². The lowest BCUT2D eigenvalue weighted by molar-refractivity contribution is 0.191. The van der Waals surface area contributed by atoms with Crippen LogP contribution in [0.4, 0.5) is 17.1 Å². The number of nitrogens with zero attached hydrogens (tertiary/aromatic N) is 1. The monoisotopic (exact) mass is 675 g/mol. The van der Waals surface area contributed by atoms with Crippen LogP contribution in [0.3, 0.4) is 0 Å². The molecule has 6 aromatic rings. The molecule has 12 rings (SSSR count). The van der Waals surface area contributed by atoms with Crippen molar-refractivity contribution in [2.45, 2.75) is 82.5 Å². The summed E-state index contributed by atoms with van der Waals surface area (Å²) >= 11 is 0. The van der Waals surface area contributed by atoms with Gasteiger partial charge < -0.3 is 4.90 Å². The molecule has 6 aliphatic carbocycles. The van der Waals surface area contributed by atoms with Crippen molar-refractivity contribution >= 4 is 27.8 Å². The predicted octanol–water partition coefficient (Wildman–Crippen LogP) is 13.7. The lowest BCUT2D eigenvalue weighted by atomic mass is 9.59. The van der Waals surface area contributed by atoms with Crippen LogP contribution in [0.1, 0.15) is 88.5 Å². The highest BCUT2D eigenvalue weighted by atomic mass is 15.1. The Kier molecular flexibility index (Phi) is 6.38. The maximum absolute atomic E-state index is 2.60. The zero-order valence-corrected chi connectivity index (χ0v) is 31.1. The number of anilines is 3. The minimum atomic E-state index is 0.0697. The fourth-order valence-corrected chi connectivity index (χ4v) is 12.6. The Balaban J connectivity index is 1.10. The number of rotatable bonds is 4. The van der Waals surface area contributed by atoms with Crippen LogP contribution in [0.5, 0.6) is 0 Å². The van der Waals surface area contributed by atoms with E-state index in [9.17, 15) is 0 Å². The Morgan fingerprint density at radius 1 is 0.519 bits per heavy atom. The summed E-state index contributed by atoms with van der Waals surface area (Å²) in [4.78, 5) is 2.60. The third-order valence-corrected chi connectivity index (χ3v) is 14.9. The summed E-state index contributed by atoms with van der Waals surface area (Å²) in [6.45, 7) is 9.83. The van der Waals surface area contributed by atoms with E-state index in [2.05, 4.69) is 160 Å². The molecule has 6 aliphatic rings. The Hall–Kier alpha value is -4.62. The topological polar surface area (TPSA) is 3.24 Å². The van der Waals surface area contributed by atoms with Gasteiger partial charge in [-0.15, -0.1) is 0 Å². The Morgan fingerprint density at radius 2 is 1.23 bits per heavy atom. The molecule has 4 bridgehead atoms. The van der Waals surface area contributed by atoms with E-state index in [1.54, 1.807) is 11.1 Å². The van der Waals surface area contributed by atoms with Crippen molar-refractivity contribution in [2.75, 3.05) is 4.90 Å². The van der Waals surface area contributed by atoms with Gasteiger partial charge in [-0.05, 0) is 165 Å². The van der Waals surface area contributed by atoms with Crippen LogP contribution in [0.15, 0.2) is 127 Å². The van der Waals surface area contributed by atoms with Gasteiger partial charge in [0.05, 0.1) is 5.69 Å². The Morgan fingerprint density at radius 3 is 2.08 bits per heavy atom. The van der Waals surface area contributed by atoms with E-state index in [0.717, 1.165) is 23.7 Å². The predicted molar refractivity (Wildman–Crippen MR) is 218 cm³/mol. The molecule has 0 aromatic heterocycles. The molecular weight excluding hydrogens is 627 g/mol. The van der Waals surface area contributed by atoms with E-state index in [4.69, 9.17) is 0 Å². The second kappa shape index (κ2) is 10.7. The molecule has 0 radical (unpaired) electrons. The fourth-order valence-electron chi connectivity index (χ4n) is 12.6. The molecule has 0 aliphatic heterocycles. The van der Waals surface area contributed by atoms with E-state index in [1.165, 1.54) is 99.7 Å². The van der Waals surface area contributed by atoms with Crippen molar-refractivity contribution in [3.8, 4) is 22.3 Å². The highest BCUT2D eigenvalue weighted by Crippen LogP contribution is 2.73. The van der Waals surface area contributed by atoms with Gasteiger partial charge in [-0.3, -0.25) is 0 Å². The third-order valence-electron chi connectivity index (χ3n) is 14.9. The molecule has 0 heterocycles. The zero-order chi connectivity index (χ0) is 35.0. The summed E-state index contributed by atoms with van der Waals surface area (Å²) < 4.78 is 0. The van der Waals surface area contributed by atoms with Crippen LogP contribution in [-0.4, -0.2) is 0 Å². The molecule has 1 nitrogen and oxygen atoms in total. The van der Waals surface area contributed by atoms with Crippen LogP contribution >= 0.6 is 0 Å². The molecule has 4 saturated carbocycles. The maximum atomic E-state index is 2.60. The lowest BCUT2D eigenvalue weighted by Crippen LogP contribution is -2.40. The van der Waals surface area contributed by atoms with Crippen molar-refractivity contribution in [1.82, 2.24) is 0 Å². The van der Waals surface area contributed by atoms with Crippen molar-refractivity contribution in [2.24, 2.45) is 23.7 Å². The molecule has 52 heavy (non-hydrogen) atoms. The van der Waals surface area contributed by atoms with E-state index in [0.29, 0.717) is 0 Å². The minimum Gasteiger partial charge on any atom is -0.310 e. The number of fused-ring (bicyclic) bond motifs is 5. The van der Waals surface area contributed by atoms with Crippen molar-refractivity contribution in [1.29, 1.82) is 0 Å². The van der Waals surface area contributed by atoms with Gasteiger partial charge in [-0.2, -0.15) is 0 Å². The standard InChI is InChI=1S/C51H49N/c1-49(2)24-25-50(3,4)48-45(49)14-9-15-47(48)52(39-20-18-34(19-21-39)36-17-16-33-10-5-6-11-35(33)29-36)40-22-23-44-42(31-40)41-12-7-8-13-43(41)51(44)38-27-32-26-37(30-38)46(51)28-32/h5-23,29,31-32,37-38,46H,24-28,30H2,1-4H3. The van der Waals surface area contributed by atoms with Gasteiger partial charge in [0.2, 0.25) is 0 Å². The van der Waals surface area contributed by atoms with Crippen LogP contribution in [0, 0.1) is 23.7 Å². The third kappa shape index (κ3) is 4.17. The van der Waals surface area contributed by atoms with Gasteiger partial charge in [0.25, 0.3) is 0 Å². The zero-order valence-electron chi connectivity index (χ0n) is 31.1. The van der Waals surface area contributed by atoms with Crippen LogP contribution in [0.25, 0.3) is 33.0 Å². The average molecular weight is 676 g/mol. The minimum absolute atomic E-state index is 0.0697. The van der Waals surface area contributed by atoms with Crippen molar-refractivity contribution in [3.05, 3.63) is 150 Å². The second-order valence-corrected chi connectivity index (χ2v) is 18.4. The van der Waals surface area contributed by atoms with E-state index < -0.39 is 0 Å². The van der Waals surface area contributed by atoms with Gasteiger partial charge in [0, 0.05) is 16.8 Å².